The van der Waals surface area contributed by atoms with Crippen LogP contribution in [-0.2, 0) is 14.6 Å². The summed E-state index contributed by atoms with van der Waals surface area (Å²) in [6, 6.07) is 14.4. The first-order valence-corrected chi connectivity index (χ1v) is 12.0. The lowest BCUT2D eigenvalue weighted by atomic mass is 10.3. The minimum absolute atomic E-state index is 0.0617. The molecular formula is C22H17FN2O6S2. The Morgan fingerprint density at radius 2 is 1.88 bits per heavy atom. The number of benzene rings is 2. The van der Waals surface area contributed by atoms with Gasteiger partial charge in [0.25, 0.3) is 5.89 Å². The number of nitrogens with one attached hydrogen (secondary N) is 1. The van der Waals surface area contributed by atoms with E-state index >= 15 is 0 Å². The predicted molar refractivity (Wildman–Crippen MR) is 118 cm³/mol. The fourth-order valence-corrected chi connectivity index (χ4v) is 5.18. The molecule has 8 nitrogen and oxygen atoms in total. The van der Waals surface area contributed by atoms with Crippen molar-refractivity contribution in [2.75, 3.05) is 18.2 Å². The van der Waals surface area contributed by atoms with E-state index in [2.05, 4.69) is 10.3 Å². The van der Waals surface area contributed by atoms with Gasteiger partial charge in [0.05, 0.1) is 29.7 Å². The van der Waals surface area contributed by atoms with Crippen molar-refractivity contribution >= 4 is 33.2 Å². The van der Waals surface area contributed by atoms with E-state index in [1.54, 1.807) is 36.4 Å². The molecule has 2 aromatic carbocycles. The van der Waals surface area contributed by atoms with Crippen LogP contribution in [0, 0.1) is 5.82 Å². The Labute approximate surface area is 192 Å². The SMILES string of the molecule is COc1ccccc1NC(=O)CSc1oc(-c2ccco2)nc1S(=O)(=O)c1ccc(F)cc1. The molecule has 0 aliphatic rings. The Balaban J connectivity index is 1.61. The van der Waals surface area contributed by atoms with Crippen LogP contribution in [0.25, 0.3) is 11.7 Å². The third-order valence-electron chi connectivity index (χ3n) is 4.39. The van der Waals surface area contributed by atoms with Crippen molar-refractivity contribution in [2.24, 2.45) is 0 Å². The number of amides is 1. The quantitative estimate of drug-likeness (QED) is 0.282. The average molecular weight is 489 g/mol. The van der Waals surface area contributed by atoms with Crippen molar-refractivity contribution in [2.45, 2.75) is 15.0 Å². The highest BCUT2D eigenvalue weighted by molar-refractivity contribution is 8.00. The number of furan rings is 1. The van der Waals surface area contributed by atoms with Gasteiger partial charge in [-0.2, -0.15) is 4.98 Å². The van der Waals surface area contributed by atoms with Gasteiger partial charge in [0.15, 0.2) is 5.76 Å². The van der Waals surface area contributed by atoms with Gasteiger partial charge in [-0.25, -0.2) is 12.8 Å². The molecule has 0 radical (unpaired) electrons. The summed E-state index contributed by atoms with van der Waals surface area (Å²) in [5, 5.41) is 2.22. The number of carbonyl (C=O) groups excluding carboxylic acids is 1. The molecule has 1 amide bonds. The van der Waals surface area contributed by atoms with Crippen LogP contribution in [0.2, 0.25) is 0 Å². The molecule has 0 spiro atoms. The van der Waals surface area contributed by atoms with Gasteiger partial charge < -0.3 is 18.9 Å². The maximum absolute atomic E-state index is 13.3. The number of ether oxygens (including phenoxy) is 1. The van der Waals surface area contributed by atoms with Gasteiger partial charge in [-0.05, 0) is 48.5 Å². The maximum atomic E-state index is 13.3. The number of hydrogen-bond donors (Lipinski definition) is 1. The molecular weight excluding hydrogens is 471 g/mol. The van der Waals surface area contributed by atoms with E-state index in [0.29, 0.717) is 11.4 Å². The molecule has 0 unspecified atom stereocenters. The summed E-state index contributed by atoms with van der Waals surface area (Å²) < 4.78 is 55.7. The number of nitrogens with zero attached hydrogens (tertiary/aromatic N) is 1. The number of rotatable bonds is 8. The van der Waals surface area contributed by atoms with Crippen LogP contribution in [0.15, 0.2) is 90.8 Å². The second kappa shape index (κ2) is 9.51. The molecule has 0 aliphatic heterocycles. The van der Waals surface area contributed by atoms with Crippen molar-refractivity contribution < 1.29 is 31.2 Å². The molecule has 33 heavy (non-hydrogen) atoms. The smallest absolute Gasteiger partial charge is 0.265 e. The number of thioether (sulfide) groups is 1. The lowest BCUT2D eigenvalue weighted by Gasteiger charge is -2.09. The number of anilines is 1. The van der Waals surface area contributed by atoms with Crippen molar-refractivity contribution in [1.82, 2.24) is 4.98 Å². The summed E-state index contributed by atoms with van der Waals surface area (Å²) >= 11 is 0.854. The first kappa shape index (κ1) is 22.6. The first-order valence-electron chi connectivity index (χ1n) is 9.49. The van der Waals surface area contributed by atoms with Crippen molar-refractivity contribution in [3.05, 3.63) is 72.7 Å². The summed E-state index contributed by atoms with van der Waals surface area (Å²) in [6.45, 7) is 0. The molecule has 0 aliphatic carbocycles. The monoisotopic (exact) mass is 488 g/mol. The zero-order chi connectivity index (χ0) is 23.4. The molecule has 0 saturated carbocycles. The van der Waals surface area contributed by atoms with E-state index in [1.165, 1.54) is 13.4 Å². The zero-order valence-corrected chi connectivity index (χ0v) is 18.8. The Morgan fingerprint density at radius 3 is 2.58 bits per heavy atom. The third kappa shape index (κ3) is 4.94. The summed E-state index contributed by atoms with van der Waals surface area (Å²) in [6.07, 6.45) is 1.39. The molecule has 4 rings (SSSR count). The summed E-state index contributed by atoms with van der Waals surface area (Å²) in [7, 11) is -2.68. The minimum Gasteiger partial charge on any atom is -0.495 e. The fraction of sp³-hybridized carbons (Fsp3) is 0.0909. The fourth-order valence-electron chi connectivity index (χ4n) is 2.85. The number of para-hydroxylation sites is 2. The van der Waals surface area contributed by atoms with Crippen LogP contribution >= 0.6 is 11.8 Å². The highest BCUT2D eigenvalue weighted by atomic mass is 32.2. The molecule has 4 aromatic rings. The maximum Gasteiger partial charge on any atom is 0.265 e. The van der Waals surface area contributed by atoms with E-state index < -0.39 is 26.6 Å². The molecule has 0 saturated heterocycles. The number of methoxy groups -OCH3 is 1. The predicted octanol–water partition coefficient (Wildman–Crippen LogP) is 4.65. The Hall–Kier alpha value is -3.57. The molecule has 170 valence electrons. The standard InChI is InChI=1S/C22H17FN2O6S2/c1-29-17-6-3-2-5-16(17)24-19(26)13-32-22-21(25-20(31-22)18-7-4-12-30-18)33(27,28)15-10-8-14(23)9-11-15/h2-12H,13H2,1H3,(H,24,26). The number of carbonyl (C=O) groups is 1. The van der Waals surface area contributed by atoms with Crippen LogP contribution in [0.5, 0.6) is 5.75 Å². The lowest BCUT2D eigenvalue weighted by molar-refractivity contribution is -0.113. The molecule has 0 atom stereocenters. The third-order valence-corrected chi connectivity index (χ3v) is 7.15. The van der Waals surface area contributed by atoms with E-state index in [0.717, 1.165) is 36.0 Å². The lowest BCUT2D eigenvalue weighted by Crippen LogP contribution is -2.15. The van der Waals surface area contributed by atoms with Gasteiger partial charge in [0.2, 0.25) is 25.9 Å². The molecule has 2 aromatic heterocycles. The normalized spacial score (nSPS) is 11.3. The van der Waals surface area contributed by atoms with E-state index in [-0.39, 0.29) is 27.4 Å². The van der Waals surface area contributed by atoms with Gasteiger partial charge in [-0.15, -0.1) is 0 Å². The van der Waals surface area contributed by atoms with E-state index in [4.69, 9.17) is 13.6 Å². The Bertz CT molecular complexity index is 1370. The van der Waals surface area contributed by atoms with Gasteiger partial charge >= 0.3 is 0 Å². The van der Waals surface area contributed by atoms with Crippen molar-refractivity contribution in [1.29, 1.82) is 0 Å². The van der Waals surface area contributed by atoms with Gasteiger partial charge in [-0.3, -0.25) is 4.79 Å². The number of sulfone groups is 1. The minimum atomic E-state index is -4.16. The zero-order valence-electron chi connectivity index (χ0n) is 17.1. The van der Waals surface area contributed by atoms with Gasteiger partial charge in [0.1, 0.15) is 11.6 Å². The Kier molecular flexibility index (Phi) is 6.52. The van der Waals surface area contributed by atoms with E-state index in [1.807, 2.05) is 0 Å². The Morgan fingerprint density at radius 1 is 1.12 bits per heavy atom. The molecule has 1 N–H and O–H groups in total. The molecule has 0 fully saturated rings. The van der Waals surface area contributed by atoms with Crippen molar-refractivity contribution in [3.63, 3.8) is 0 Å². The second-order valence-electron chi connectivity index (χ2n) is 6.58. The van der Waals surface area contributed by atoms with Crippen LogP contribution in [0.1, 0.15) is 0 Å². The van der Waals surface area contributed by atoms with Crippen molar-refractivity contribution in [3.8, 4) is 17.4 Å². The highest BCUT2D eigenvalue weighted by Crippen LogP contribution is 2.35. The average Bonchev–Trinajstić information content (AvgIpc) is 3.49. The summed E-state index contributed by atoms with van der Waals surface area (Å²) in [5.74, 6) is -0.519. The van der Waals surface area contributed by atoms with Crippen LogP contribution in [0.3, 0.4) is 0 Å². The molecule has 11 heteroatoms. The van der Waals surface area contributed by atoms with Gasteiger partial charge in [0, 0.05) is 0 Å². The number of oxazole rings is 1. The van der Waals surface area contributed by atoms with Crippen LogP contribution < -0.4 is 10.1 Å². The summed E-state index contributed by atoms with van der Waals surface area (Å²) in [5.41, 5.74) is 0.471. The first-order chi connectivity index (χ1) is 15.9. The van der Waals surface area contributed by atoms with Crippen LogP contribution in [-0.4, -0.2) is 32.2 Å². The topological polar surface area (TPSA) is 112 Å². The van der Waals surface area contributed by atoms with Gasteiger partial charge in [-0.1, -0.05) is 23.9 Å². The number of aromatic nitrogens is 1. The number of hydrogen-bond acceptors (Lipinski definition) is 8. The molecule has 2 heterocycles. The van der Waals surface area contributed by atoms with Crippen LogP contribution in [0.4, 0.5) is 10.1 Å². The highest BCUT2D eigenvalue weighted by Gasteiger charge is 2.30. The number of halogens is 1. The summed E-state index contributed by atoms with van der Waals surface area (Å²) in [4.78, 5) is 16.4. The van der Waals surface area contributed by atoms with E-state index in [9.17, 15) is 17.6 Å². The molecule has 0 bridgehead atoms. The largest absolute Gasteiger partial charge is 0.495 e. The second-order valence-corrected chi connectivity index (χ2v) is 9.40.